The molecule has 2 aliphatic heterocycles. The van der Waals surface area contributed by atoms with Gasteiger partial charge in [-0.15, -0.1) is 0 Å². The number of sulfonamides is 1. The van der Waals surface area contributed by atoms with Crippen LogP contribution < -0.4 is 0 Å². The number of amides is 1. The number of piperidine rings is 1. The van der Waals surface area contributed by atoms with E-state index in [0.717, 1.165) is 16.4 Å². The molecule has 7 nitrogen and oxygen atoms in total. The minimum Gasteiger partial charge on any atom is -0.341 e. The van der Waals surface area contributed by atoms with E-state index >= 15 is 0 Å². The predicted molar refractivity (Wildman–Crippen MR) is 97.7 cm³/mol. The zero-order valence-corrected chi connectivity index (χ0v) is 17.0. The third-order valence-corrected chi connectivity index (χ3v) is 9.08. The summed E-state index contributed by atoms with van der Waals surface area (Å²) < 4.78 is 76.7. The van der Waals surface area contributed by atoms with E-state index in [0.29, 0.717) is 12.5 Å². The molecule has 1 unspecified atom stereocenters. The molecule has 2 heterocycles. The molecule has 0 spiro atoms. The second kappa shape index (κ2) is 7.68. The van der Waals surface area contributed by atoms with Gasteiger partial charge >= 0.3 is 0 Å². The molecule has 0 radical (unpaired) electrons. The van der Waals surface area contributed by atoms with Gasteiger partial charge in [-0.3, -0.25) is 4.79 Å². The van der Waals surface area contributed by atoms with Gasteiger partial charge in [0, 0.05) is 32.1 Å². The summed E-state index contributed by atoms with van der Waals surface area (Å²) in [6.45, 7) is 0.0109. The largest absolute Gasteiger partial charge is 0.341 e. The maximum absolute atomic E-state index is 13.9. The lowest BCUT2D eigenvalue weighted by atomic mass is 9.96. The Morgan fingerprint density at radius 2 is 1.82 bits per heavy atom. The summed E-state index contributed by atoms with van der Waals surface area (Å²) in [6.07, 6.45) is 0.869. The Balaban J connectivity index is 1.65. The van der Waals surface area contributed by atoms with Gasteiger partial charge in [0.1, 0.15) is 16.5 Å². The third kappa shape index (κ3) is 4.20. The fourth-order valence-electron chi connectivity index (χ4n) is 3.71. The Labute approximate surface area is 163 Å². The van der Waals surface area contributed by atoms with Crippen molar-refractivity contribution in [3.8, 4) is 0 Å². The van der Waals surface area contributed by atoms with E-state index in [2.05, 4.69) is 0 Å². The van der Waals surface area contributed by atoms with Crippen molar-refractivity contribution in [2.45, 2.75) is 30.2 Å². The van der Waals surface area contributed by atoms with Gasteiger partial charge in [-0.1, -0.05) is 0 Å². The van der Waals surface area contributed by atoms with Gasteiger partial charge in [-0.2, -0.15) is 4.31 Å². The van der Waals surface area contributed by atoms with Crippen LogP contribution in [0.5, 0.6) is 0 Å². The van der Waals surface area contributed by atoms with Crippen LogP contribution in [0.2, 0.25) is 0 Å². The standard InChI is InChI=1S/C17H22F2N2O5S2/c1-20(14-6-9-27(23,24)11-14)17(22)12-4-7-21(8-5-12)28(25,26)16-10-13(18)2-3-15(16)19/h2-3,10,12,14H,4-9,11H2,1H3. The first-order chi connectivity index (χ1) is 13.0. The van der Waals surface area contributed by atoms with Gasteiger partial charge in [0.2, 0.25) is 15.9 Å². The van der Waals surface area contributed by atoms with E-state index in [1.165, 1.54) is 4.90 Å². The Hall–Kier alpha value is -1.59. The molecule has 2 aliphatic rings. The van der Waals surface area contributed by atoms with Crippen molar-refractivity contribution < 1.29 is 30.4 Å². The van der Waals surface area contributed by atoms with E-state index in [1.54, 1.807) is 7.05 Å². The molecule has 28 heavy (non-hydrogen) atoms. The molecular formula is C17H22F2N2O5S2. The van der Waals surface area contributed by atoms with Gasteiger partial charge in [-0.05, 0) is 37.5 Å². The van der Waals surface area contributed by atoms with Crippen molar-refractivity contribution in [1.82, 2.24) is 9.21 Å². The van der Waals surface area contributed by atoms with Crippen LogP contribution in [0, 0.1) is 17.6 Å². The summed E-state index contributed by atoms with van der Waals surface area (Å²) in [6, 6.07) is 1.90. The summed E-state index contributed by atoms with van der Waals surface area (Å²) in [7, 11) is -5.75. The first kappa shape index (κ1) is 21.1. The number of carbonyl (C=O) groups excluding carboxylic acids is 1. The zero-order chi connectivity index (χ0) is 20.7. The Bertz CT molecular complexity index is 973. The molecule has 3 rings (SSSR count). The number of rotatable bonds is 4. The molecule has 0 aromatic heterocycles. The van der Waals surface area contributed by atoms with Crippen LogP contribution in [0.25, 0.3) is 0 Å². The number of hydrogen-bond acceptors (Lipinski definition) is 5. The average Bonchev–Trinajstić information content (AvgIpc) is 3.02. The van der Waals surface area contributed by atoms with Gasteiger partial charge in [0.05, 0.1) is 11.5 Å². The van der Waals surface area contributed by atoms with E-state index in [9.17, 15) is 30.4 Å². The van der Waals surface area contributed by atoms with E-state index < -0.39 is 42.3 Å². The molecular weight excluding hydrogens is 414 g/mol. The summed E-state index contributed by atoms with van der Waals surface area (Å²) in [5.74, 6) is -2.51. The molecule has 2 saturated heterocycles. The topological polar surface area (TPSA) is 91.8 Å². The molecule has 0 aliphatic carbocycles. The first-order valence-electron chi connectivity index (χ1n) is 8.93. The molecule has 0 bridgehead atoms. The molecule has 0 saturated carbocycles. The maximum atomic E-state index is 13.9. The van der Waals surface area contributed by atoms with Gasteiger partial charge in [-0.25, -0.2) is 25.6 Å². The monoisotopic (exact) mass is 436 g/mol. The Morgan fingerprint density at radius 3 is 2.39 bits per heavy atom. The third-order valence-electron chi connectivity index (χ3n) is 5.42. The number of halogens is 2. The number of nitrogens with zero attached hydrogens (tertiary/aromatic N) is 2. The van der Waals surface area contributed by atoms with Crippen LogP contribution in [0.1, 0.15) is 19.3 Å². The highest BCUT2D eigenvalue weighted by atomic mass is 32.2. The fraction of sp³-hybridized carbons (Fsp3) is 0.588. The average molecular weight is 437 g/mol. The summed E-state index contributed by atoms with van der Waals surface area (Å²) in [5.41, 5.74) is 0. The fourth-order valence-corrected chi connectivity index (χ4v) is 7.03. The van der Waals surface area contributed by atoms with Crippen LogP contribution in [-0.2, 0) is 24.7 Å². The highest BCUT2D eigenvalue weighted by molar-refractivity contribution is 7.91. The molecule has 0 N–H and O–H groups in total. The van der Waals surface area contributed by atoms with Crippen LogP contribution >= 0.6 is 0 Å². The number of sulfone groups is 1. The highest BCUT2D eigenvalue weighted by Gasteiger charge is 2.38. The molecule has 1 amide bonds. The predicted octanol–water partition coefficient (Wildman–Crippen LogP) is 1.01. The molecule has 2 fully saturated rings. The lowest BCUT2D eigenvalue weighted by molar-refractivity contribution is -0.137. The van der Waals surface area contributed by atoms with E-state index in [1.807, 2.05) is 0 Å². The van der Waals surface area contributed by atoms with Crippen LogP contribution in [0.4, 0.5) is 8.78 Å². The van der Waals surface area contributed by atoms with Crippen molar-refractivity contribution in [3.05, 3.63) is 29.8 Å². The normalized spacial score (nSPS) is 23.6. The second-order valence-electron chi connectivity index (χ2n) is 7.26. The minimum atomic E-state index is -4.20. The van der Waals surface area contributed by atoms with Gasteiger partial charge in [0.15, 0.2) is 9.84 Å². The minimum absolute atomic E-state index is 0.00545. The zero-order valence-electron chi connectivity index (χ0n) is 15.3. The lowest BCUT2D eigenvalue weighted by Crippen LogP contribution is -2.46. The number of benzene rings is 1. The molecule has 156 valence electrons. The van der Waals surface area contributed by atoms with Crippen LogP contribution in [0.15, 0.2) is 23.1 Å². The van der Waals surface area contributed by atoms with Crippen molar-refractivity contribution in [2.75, 3.05) is 31.6 Å². The summed E-state index contributed by atoms with van der Waals surface area (Å²) >= 11 is 0. The quantitative estimate of drug-likeness (QED) is 0.703. The van der Waals surface area contributed by atoms with Gasteiger partial charge < -0.3 is 4.90 Å². The number of carbonyl (C=O) groups is 1. The van der Waals surface area contributed by atoms with Crippen molar-refractivity contribution in [1.29, 1.82) is 0 Å². The SMILES string of the molecule is CN(C(=O)C1CCN(S(=O)(=O)c2cc(F)ccc2F)CC1)C1CCS(=O)(=O)C1. The van der Waals surface area contributed by atoms with Gasteiger partial charge in [0.25, 0.3) is 0 Å². The van der Waals surface area contributed by atoms with E-state index in [4.69, 9.17) is 0 Å². The molecule has 1 atom stereocenters. The first-order valence-corrected chi connectivity index (χ1v) is 12.2. The Kier molecular flexibility index (Phi) is 5.79. The van der Waals surface area contributed by atoms with Crippen molar-refractivity contribution >= 4 is 25.8 Å². The second-order valence-corrected chi connectivity index (χ2v) is 11.4. The summed E-state index contributed by atoms with van der Waals surface area (Å²) in [5, 5.41) is 0. The molecule has 11 heteroatoms. The van der Waals surface area contributed by atoms with Crippen molar-refractivity contribution in [3.63, 3.8) is 0 Å². The van der Waals surface area contributed by atoms with Crippen LogP contribution in [0.3, 0.4) is 0 Å². The smallest absolute Gasteiger partial charge is 0.246 e. The Morgan fingerprint density at radius 1 is 1.18 bits per heavy atom. The molecule has 1 aromatic carbocycles. The highest BCUT2D eigenvalue weighted by Crippen LogP contribution is 2.28. The summed E-state index contributed by atoms with van der Waals surface area (Å²) in [4.78, 5) is 13.4. The maximum Gasteiger partial charge on any atom is 0.246 e. The van der Waals surface area contributed by atoms with E-state index in [-0.39, 0.29) is 49.4 Å². The van der Waals surface area contributed by atoms with Crippen LogP contribution in [-0.4, -0.2) is 69.6 Å². The number of hydrogen-bond donors (Lipinski definition) is 0. The molecule has 1 aromatic rings. The van der Waals surface area contributed by atoms with Crippen molar-refractivity contribution in [2.24, 2.45) is 5.92 Å². The lowest BCUT2D eigenvalue weighted by Gasteiger charge is -2.34.